The average Bonchev–Trinajstić information content (AvgIpc) is 2.63. The number of thioether (sulfide) groups is 1. The minimum absolute atomic E-state index is 0.109. The van der Waals surface area contributed by atoms with Crippen molar-refractivity contribution in [3.05, 3.63) is 27.5 Å². The molecule has 0 saturated carbocycles. The number of rotatable bonds is 2. The van der Waals surface area contributed by atoms with Crippen molar-refractivity contribution < 1.29 is 9.53 Å². The number of ether oxygens (including phenoxy) is 1. The second kappa shape index (κ2) is 4.10. The molecule has 0 aromatic carbocycles. The van der Waals surface area contributed by atoms with Crippen LogP contribution in [0.25, 0.3) is 0 Å². The molecule has 1 aliphatic rings. The summed E-state index contributed by atoms with van der Waals surface area (Å²) < 4.78 is 4.80. The Kier molecular flexibility index (Phi) is 2.81. The summed E-state index contributed by atoms with van der Waals surface area (Å²) in [5.74, 6) is 0.413. The van der Waals surface area contributed by atoms with Crippen molar-refractivity contribution >= 4 is 17.7 Å². The molecule has 1 N–H and O–H groups in total. The lowest BCUT2D eigenvalue weighted by molar-refractivity contribution is 0.0524. The largest absolute Gasteiger partial charge is 0.462 e. The molecule has 4 nitrogen and oxygen atoms in total. The molecule has 1 aromatic rings. The molecule has 80 valence electrons. The van der Waals surface area contributed by atoms with Gasteiger partial charge in [0.2, 0.25) is 0 Å². The summed E-state index contributed by atoms with van der Waals surface area (Å²) in [5, 5.41) is 0.882. The van der Waals surface area contributed by atoms with E-state index < -0.39 is 5.97 Å². The van der Waals surface area contributed by atoms with Gasteiger partial charge in [-0.2, -0.15) is 0 Å². The summed E-state index contributed by atoms with van der Waals surface area (Å²) in [6, 6.07) is 1.64. The molecule has 0 spiro atoms. The van der Waals surface area contributed by atoms with Crippen LogP contribution >= 0.6 is 11.8 Å². The van der Waals surface area contributed by atoms with Gasteiger partial charge in [-0.25, -0.2) is 4.79 Å². The Labute approximate surface area is 91.0 Å². The van der Waals surface area contributed by atoms with Crippen LogP contribution in [0.2, 0.25) is 0 Å². The molecule has 0 fully saturated rings. The zero-order chi connectivity index (χ0) is 10.8. The molecule has 0 bridgehead atoms. The van der Waals surface area contributed by atoms with Crippen LogP contribution in [0.15, 0.2) is 15.9 Å². The van der Waals surface area contributed by atoms with Gasteiger partial charge in [0, 0.05) is 5.75 Å². The van der Waals surface area contributed by atoms with Crippen molar-refractivity contribution in [3.63, 3.8) is 0 Å². The van der Waals surface area contributed by atoms with Gasteiger partial charge < -0.3 is 9.72 Å². The summed E-state index contributed by atoms with van der Waals surface area (Å²) in [6.45, 7) is 2.00. The molecule has 0 radical (unpaired) electrons. The maximum atomic E-state index is 11.5. The highest BCUT2D eigenvalue weighted by Gasteiger charge is 2.18. The van der Waals surface area contributed by atoms with Crippen molar-refractivity contribution in [1.82, 2.24) is 4.98 Å². The molecule has 0 saturated heterocycles. The third-order valence-electron chi connectivity index (χ3n) is 2.20. The molecule has 1 aromatic heterocycles. The van der Waals surface area contributed by atoms with Crippen molar-refractivity contribution in [2.75, 3.05) is 12.4 Å². The highest BCUT2D eigenvalue weighted by molar-refractivity contribution is 7.99. The zero-order valence-electron chi connectivity index (χ0n) is 8.33. The van der Waals surface area contributed by atoms with E-state index in [2.05, 4.69) is 4.98 Å². The molecule has 0 aliphatic carbocycles. The van der Waals surface area contributed by atoms with E-state index in [0.29, 0.717) is 0 Å². The summed E-state index contributed by atoms with van der Waals surface area (Å²) in [6.07, 6.45) is 0.892. The fraction of sp³-hybridized carbons (Fsp3) is 0.400. The van der Waals surface area contributed by atoms with E-state index in [1.165, 1.54) is 0 Å². The third-order valence-corrected chi connectivity index (χ3v) is 3.26. The molecular formula is C10H11NO3S. The molecule has 15 heavy (non-hydrogen) atoms. The lowest BCUT2D eigenvalue weighted by Crippen LogP contribution is -2.20. The summed E-state index contributed by atoms with van der Waals surface area (Å²) in [5.41, 5.74) is 0.780. The Bertz CT molecular complexity index is 452. The lowest BCUT2D eigenvalue weighted by Gasteiger charge is -2.03. The van der Waals surface area contributed by atoms with E-state index >= 15 is 0 Å². The molecule has 1 aliphatic heterocycles. The van der Waals surface area contributed by atoms with Crippen LogP contribution in [0.5, 0.6) is 0 Å². The van der Waals surface area contributed by atoms with Crippen LogP contribution in [0.3, 0.4) is 0 Å². The number of carbonyl (C=O) groups excluding carboxylic acids is 1. The number of fused-ring (bicyclic) bond motifs is 1. The van der Waals surface area contributed by atoms with Crippen LogP contribution in [-0.4, -0.2) is 23.3 Å². The van der Waals surface area contributed by atoms with Crippen LogP contribution in [0.1, 0.15) is 22.8 Å². The predicted molar refractivity (Wildman–Crippen MR) is 57.4 cm³/mol. The molecule has 5 heteroatoms. The van der Waals surface area contributed by atoms with Crippen molar-refractivity contribution in [3.8, 4) is 0 Å². The highest BCUT2D eigenvalue weighted by atomic mass is 32.2. The van der Waals surface area contributed by atoms with E-state index in [0.717, 1.165) is 22.8 Å². The molecule has 0 amide bonds. The van der Waals surface area contributed by atoms with E-state index in [9.17, 15) is 9.59 Å². The van der Waals surface area contributed by atoms with Gasteiger partial charge in [-0.1, -0.05) is 0 Å². The Morgan fingerprint density at radius 2 is 2.47 bits per heavy atom. The van der Waals surface area contributed by atoms with Crippen LogP contribution < -0.4 is 5.56 Å². The number of H-pyrrole nitrogens is 1. The molecule has 2 rings (SSSR count). The topological polar surface area (TPSA) is 59.2 Å². The van der Waals surface area contributed by atoms with Gasteiger partial charge in [0.1, 0.15) is 5.56 Å². The Morgan fingerprint density at radius 3 is 3.20 bits per heavy atom. The van der Waals surface area contributed by atoms with Gasteiger partial charge in [0.05, 0.1) is 11.6 Å². The zero-order valence-corrected chi connectivity index (χ0v) is 9.15. The molecule has 2 heterocycles. The maximum absolute atomic E-state index is 11.5. The van der Waals surface area contributed by atoms with Crippen molar-refractivity contribution in [2.45, 2.75) is 18.4 Å². The molecular weight excluding hydrogens is 214 g/mol. The first-order valence-electron chi connectivity index (χ1n) is 4.78. The van der Waals surface area contributed by atoms with Gasteiger partial charge in [-0.3, -0.25) is 4.79 Å². The minimum atomic E-state index is -0.543. The fourth-order valence-corrected chi connectivity index (χ4v) is 2.53. The normalized spacial score (nSPS) is 13.7. The summed E-state index contributed by atoms with van der Waals surface area (Å²) in [7, 11) is 0. The van der Waals surface area contributed by atoms with Gasteiger partial charge >= 0.3 is 5.97 Å². The predicted octanol–water partition coefficient (Wildman–Crippen LogP) is 1.20. The highest BCUT2D eigenvalue weighted by Crippen LogP contribution is 2.28. The average molecular weight is 225 g/mol. The molecule has 0 atom stereocenters. The van der Waals surface area contributed by atoms with Crippen molar-refractivity contribution in [2.24, 2.45) is 0 Å². The maximum Gasteiger partial charge on any atom is 0.343 e. The summed E-state index contributed by atoms with van der Waals surface area (Å²) in [4.78, 5) is 25.6. The Hall–Kier alpha value is -1.23. The van der Waals surface area contributed by atoms with Gasteiger partial charge in [-0.05, 0) is 25.0 Å². The number of hydrogen-bond donors (Lipinski definition) is 1. The first-order valence-corrected chi connectivity index (χ1v) is 5.77. The summed E-state index contributed by atoms with van der Waals surface area (Å²) >= 11 is 1.61. The number of pyridine rings is 1. The Morgan fingerprint density at radius 1 is 1.67 bits per heavy atom. The third kappa shape index (κ3) is 1.92. The Balaban J connectivity index is 2.41. The van der Waals surface area contributed by atoms with Crippen LogP contribution in [0.4, 0.5) is 0 Å². The quantitative estimate of drug-likeness (QED) is 0.768. The standard InChI is InChI=1S/C10H11NO3S/c1-2-14-10(13)7-5-6-3-4-15-9(6)11-8(7)12/h5H,2-4H2,1H3,(H,11,12). The molecule has 0 unspecified atom stereocenters. The second-order valence-electron chi connectivity index (χ2n) is 3.19. The van der Waals surface area contributed by atoms with Gasteiger partial charge in [-0.15, -0.1) is 11.8 Å². The van der Waals surface area contributed by atoms with Gasteiger partial charge in [0.15, 0.2) is 0 Å². The number of aryl methyl sites for hydroxylation is 1. The van der Waals surface area contributed by atoms with E-state index in [1.54, 1.807) is 24.8 Å². The number of aromatic amines is 1. The van der Waals surface area contributed by atoms with Crippen molar-refractivity contribution in [1.29, 1.82) is 0 Å². The number of nitrogens with one attached hydrogen (secondary N) is 1. The van der Waals surface area contributed by atoms with E-state index in [1.807, 2.05) is 0 Å². The van der Waals surface area contributed by atoms with Crippen LogP contribution in [-0.2, 0) is 11.2 Å². The SMILES string of the molecule is CCOC(=O)c1cc2c([nH]c1=O)SCC2. The monoisotopic (exact) mass is 225 g/mol. The first-order chi connectivity index (χ1) is 7.22. The number of carbonyl (C=O) groups is 1. The number of aromatic nitrogens is 1. The smallest absolute Gasteiger partial charge is 0.343 e. The number of hydrogen-bond acceptors (Lipinski definition) is 4. The first kappa shape index (κ1) is 10.3. The number of esters is 1. The van der Waals surface area contributed by atoms with E-state index in [4.69, 9.17) is 4.74 Å². The minimum Gasteiger partial charge on any atom is -0.462 e. The van der Waals surface area contributed by atoms with E-state index in [-0.39, 0.29) is 17.7 Å². The fourth-order valence-electron chi connectivity index (χ4n) is 1.49. The lowest BCUT2D eigenvalue weighted by atomic mass is 10.1. The van der Waals surface area contributed by atoms with Crippen LogP contribution in [0, 0.1) is 0 Å². The second-order valence-corrected chi connectivity index (χ2v) is 4.29. The van der Waals surface area contributed by atoms with Gasteiger partial charge in [0.25, 0.3) is 5.56 Å².